The second-order valence-electron chi connectivity index (χ2n) is 6.56. The molecule has 0 fully saturated rings. The van der Waals surface area contributed by atoms with Gasteiger partial charge in [-0.05, 0) is 41.7 Å². The zero-order valence-corrected chi connectivity index (χ0v) is 15.7. The van der Waals surface area contributed by atoms with E-state index in [4.69, 9.17) is 5.26 Å². The van der Waals surface area contributed by atoms with E-state index in [0.29, 0.717) is 40.8 Å². The molecule has 1 N–H and O–H groups in total. The number of nitriles is 2. The fraction of sp³-hybridized carbons (Fsp3) is 0.174. The average Bonchev–Trinajstić information content (AvgIpc) is 3.00. The van der Waals surface area contributed by atoms with Crippen molar-refractivity contribution < 1.29 is 9.90 Å². The molecular weight excluding hydrogens is 350 g/mol. The van der Waals surface area contributed by atoms with Crippen LogP contribution in [0.1, 0.15) is 45.4 Å². The first-order valence-corrected chi connectivity index (χ1v) is 8.93. The van der Waals surface area contributed by atoms with E-state index in [1.165, 1.54) is 0 Å². The van der Waals surface area contributed by atoms with Gasteiger partial charge in [0.05, 0.1) is 17.2 Å². The summed E-state index contributed by atoms with van der Waals surface area (Å²) in [4.78, 5) is 11.8. The molecule has 0 saturated heterocycles. The topological polar surface area (TPSA) is 89.8 Å². The number of carboxylic acid groups (broad SMARTS) is 1. The summed E-state index contributed by atoms with van der Waals surface area (Å²) in [6.45, 7) is 1.91. The van der Waals surface area contributed by atoms with Gasteiger partial charge in [-0.15, -0.1) is 0 Å². The smallest absolute Gasteiger partial charge is 0.353 e. The number of aromatic nitrogens is 1. The van der Waals surface area contributed by atoms with E-state index in [1.54, 1.807) is 17.7 Å². The van der Waals surface area contributed by atoms with Crippen LogP contribution >= 0.6 is 0 Å². The maximum atomic E-state index is 11.8. The molecule has 5 nitrogen and oxygen atoms in total. The van der Waals surface area contributed by atoms with Gasteiger partial charge in [0.15, 0.2) is 0 Å². The number of carbonyl (C=O) groups is 1. The lowest BCUT2D eigenvalue weighted by molar-refractivity contribution is 0.0687. The standard InChI is InChI=1S/C23H19N3O2/c1-3-20-19(14-25)21(22(23(27)28)26(20)2)18-9-7-15(8-10-18)11-16-5-4-6-17(12-16)13-24/h4-10,12H,3,11H2,1-2H3,(H,27,28). The number of nitrogens with zero attached hydrogens (tertiary/aromatic N) is 3. The third-order valence-electron chi connectivity index (χ3n) is 4.87. The lowest BCUT2D eigenvalue weighted by Crippen LogP contribution is -2.07. The van der Waals surface area contributed by atoms with Crippen molar-refractivity contribution in [1.29, 1.82) is 10.5 Å². The van der Waals surface area contributed by atoms with E-state index in [-0.39, 0.29) is 5.69 Å². The zero-order valence-electron chi connectivity index (χ0n) is 15.7. The Labute approximate surface area is 163 Å². The molecule has 0 aliphatic rings. The molecule has 0 unspecified atom stereocenters. The molecule has 0 saturated carbocycles. The predicted octanol–water partition coefficient (Wildman–Crippen LogP) is 4.29. The van der Waals surface area contributed by atoms with Gasteiger partial charge in [0.2, 0.25) is 0 Å². The second-order valence-corrected chi connectivity index (χ2v) is 6.56. The van der Waals surface area contributed by atoms with Gasteiger partial charge in [-0.3, -0.25) is 0 Å². The minimum atomic E-state index is -1.05. The van der Waals surface area contributed by atoms with Gasteiger partial charge in [-0.2, -0.15) is 10.5 Å². The molecule has 1 aromatic heterocycles. The van der Waals surface area contributed by atoms with Gasteiger partial charge in [0, 0.05) is 18.3 Å². The first kappa shape index (κ1) is 18.9. The first-order valence-electron chi connectivity index (χ1n) is 8.93. The molecule has 3 aromatic rings. The summed E-state index contributed by atoms with van der Waals surface area (Å²) >= 11 is 0. The summed E-state index contributed by atoms with van der Waals surface area (Å²) in [6, 6.07) is 19.3. The third kappa shape index (κ3) is 3.39. The van der Waals surface area contributed by atoms with Gasteiger partial charge >= 0.3 is 5.97 Å². The molecule has 2 aromatic carbocycles. The minimum absolute atomic E-state index is 0.128. The maximum Gasteiger partial charge on any atom is 0.353 e. The SMILES string of the molecule is CCc1c(C#N)c(-c2ccc(Cc3cccc(C#N)c3)cc2)c(C(=O)O)n1C. The molecule has 3 rings (SSSR count). The molecular formula is C23H19N3O2. The van der Waals surface area contributed by atoms with Gasteiger partial charge in [0.25, 0.3) is 0 Å². The van der Waals surface area contributed by atoms with Crippen molar-refractivity contribution in [2.45, 2.75) is 19.8 Å². The van der Waals surface area contributed by atoms with Crippen molar-refractivity contribution in [3.63, 3.8) is 0 Å². The molecule has 0 amide bonds. The van der Waals surface area contributed by atoms with Crippen molar-refractivity contribution in [2.75, 3.05) is 0 Å². The Bertz CT molecular complexity index is 1130. The van der Waals surface area contributed by atoms with Gasteiger partial charge in [0.1, 0.15) is 11.8 Å². The molecule has 0 radical (unpaired) electrons. The van der Waals surface area contributed by atoms with Crippen LogP contribution in [-0.2, 0) is 19.9 Å². The number of benzene rings is 2. The zero-order chi connectivity index (χ0) is 20.3. The quantitative estimate of drug-likeness (QED) is 0.726. The number of carboxylic acids is 1. The lowest BCUT2D eigenvalue weighted by Gasteiger charge is -2.07. The van der Waals surface area contributed by atoms with Crippen LogP contribution in [-0.4, -0.2) is 15.6 Å². The third-order valence-corrected chi connectivity index (χ3v) is 4.87. The van der Waals surface area contributed by atoms with Crippen molar-refractivity contribution >= 4 is 5.97 Å². The van der Waals surface area contributed by atoms with E-state index in [2.05, 4.69) is 12.1 Å². The maximum absolute atomic E-state index is 11.8. The molecule has 0 bridgehead atoms. The summed E-state index contributed by atoms with van der Waals surface area (Å²) in [7, 11) is 1.68. The lowest BCUT2D eigenvalue weighted by atomic mass is 9.97. The van der Waals surface area contributed by atoms with Crippen LogP contribution in [0.3, 0.4) is 0 Å². The Morgan fingerprint density at radius 3 is 2.36 bits per heavy atom. The Balaban J connectivity index is 2.01. The van der Waals surface area contributed by atoms with Crippen molar-refractivity contribution in [3.05, 3.63) is 82.2 Å². The molecule has 28 heavy (non-hydrogen) atoms. The van der Waals surface area contributed by atoms with Gasteiger partial charge in [-0.1, -0.05) is 43.3 Å². The number of aromatic carboxylic acids is 1. The van der Waals surface area contributed by atoms with Crippen LogP contribution in [0.2, 0.25) is 0 Å². The summed E-state index contributed by atoms with van der Waals surface area (Å²) in [6.07, 6.45) is 1.24. The minimum Gasteiger partial charge on any atom is -0.477 e. The Kier molecular flexibility index (Phi) is 5.29. The molecule has 1 heterocycles. The Morgan fingerprint density at radius 1 is 1.07 bits per heavy atom. The predicted molar refractivity (Wildman–Crippen MR) is 106 cm³/mol. The normalized spacial score (nSPS) is 10.3. The van der Waals surface area contributed by atoms with Gasteiger partial charge in [-0.25, -0.2) is 4.79 Å². The molecule has 0 aliphatic heterocycles. The highest BCUT2D eigenvalue weighted by Gasteiger charge is 2.25. The highest BCUT2D eigenvalue weighted by atomic mass is 16.4. The van der Waals surface area contributed by atoms with Crippen LogP contribution in [0, 0.1) is 22.7 Å². The molecule has 138 valence electrons. The summed E-state index contributed by atoms with van der Waals surface area (Å²) < 4.78 is 1.59. The fourth-order valence-corrected chi connectivity index (χ4v) is 3.57. The number of hydrogen-bond donors (Lipinski definition) is 1. The van der Waals surface area contributed by atoms with Crippen molar-refractivity contribution in [1.82, 2.24) is 4.57 Å². The van der Waals surface area contributed by atoms with Crippen LogP contribution < -0.4 is 0 Å². The van der Waals surface area contributed by atoms with Crippen LogP contribution in [0.5, 0.6) is 0 Å². The fourth-order valence-electron chi connectivity index (χ4n) is 3.57. The van der Waals surface area contributed by atoms with Crippen molar-refractivity contribution in [2.24, 2.45) is 7.05 Å². The highest BCUT2D eigenvalue weighted by molar-refractivity contribution is 5.97. The number of rotatable bonds is 5. The second kappa shape index (κ2) is 7.82. The molecule has 0 spiro atoms. The Hall–Kier alpha value is -3.83. The first-order chi connectivity index (χ1) is 13.5. The van der Waals surface area contributed by atoms with E-state index in [0.717, 1.165) is 11.1 Å². The largest absolute Gasteiger partial charge is 0.477 e. The summed E-state index contributed by atoms with van der Waals surface area (Å²) in [5.74, 6) is -1.05. The van der Waals surface area contributed by atoms with E-state index in [9.17, 15) is 15.2 Å². The average molecular weight is 369 g/mol. The number of hydrogen-bond acceptors (Lipinski definition) is 3. The highest BCUT2D eigenvalue weighted by Crippen LogP contribution is 2.33. The summed E-state index contributed by atoms with van der Waals surface area (Å²) in [5, 5.41) is 28.3. The van der Waals surface area contributed by atoms with Crippen LogP contribution in [0.15, 0.2) is 48.5 Å². The van der Waals surface area contributed by atoms with Gasteiger partial charge < -0.3 is 9.67 Å². The monoisotopic (exact) mass is 369 g/mol. The van der Waals surface area contributed by atoms with Crippen molar-refractivity contribution in [3.8, 4) is 23.3 Å². The summed E-state index contributed by atoms with van der Waals surface area (Å²) in [5.41, 5.74) is 5.12. The Morgan fingerprint density at radius 2 is 1.79 bits per heavy atom. The molecule has 5 heteroatoms. The van der Waals surface area contributed by atoms with E-state index >= 15 is 0 Å². The van der Waals surface area contributed by atoms with E-state index in [1.807, 2.05) is 49.4 Å². The van der Waals surface area contributed by atoms with Crippen LogP contribution in [0.4, 0.5) is 0 Å². The van der Waals surface area contributed by atoms with E-state index < -0.39 is 5.97 Å². The molecule has 0 atom stereocenters. The van der Waals surface area contributed by atoms with Crippen LogP contribution in [0.25, 0.3) is 11.1 Å². The molecule has 0 aliphatic carbocycles.